The van der Waals surface area contributed by atoms with E-state index >= 15 is 0 Å². The normalized spacial score (nSPS) is 37.0. The van der Waals surface area contributed by atoms with E-state index in [0.29, 0.717) is 50.0 Å². The Morgan fingerprint density at radius 3 is 2.18 bits per heavy atom. The Hall–Kier alpha value is -4.22. The van der Waals surface area contributed by atoms with Crippen LogP contribution in [0.2, 0.25) is 0 Å². The summed E-state index contributed by atoms with van der Waals surface area (Å²) in [5.41, 5.74) is 5.80. The zero-order chi connectivity index (χ0) is 56.4. The second-order valence-electron chi connectivity index (χ2n) is 22.6. The summed E-state index contributed by atoms with van der Waals surface area (Å²) in [5, 5.41) is 68.6. The highest BCUT2D eigenvalue weighted by Crippen LogP contribution is 2.40. The van der Waals surface area contributed by atoms with Crippen LogP contribution in [0.1, 0.15) is 112 Å². The van der Waals surface area contributed by atoms with Crippen LogP contribution in [0.25, 0.3) is 11.1 Å². The third kappa shape index (κ3) is 15.3. The monoisotopic (exact) mass is 1060 g/mol. The van der Waals surface area contributed by atoms with Gasteiger partial charge in [0.25, 0.3) is 0 Å². The highest BCUT2D eigenvalue weighted by molar-refractivity contribution is 5.73. The van der Waals surface area contributed by atoms with Gasteiger partial charge in [-0.1, -0.05) is 63.1 Å². The summed E-state index contributed by atoms with van der Waals surface area (Å²) in [7, 11) is 5.32. The molecular formula is C58H90N6O12. The Morgan fingerprint density at radius 1 is 0.974 bits per heavy atom. The number of cyclic esters (lactones) is 1. The largest absolute Gasteiger partial charge is 0.459 e. The van der Waals surface area contributed by atoms with E-state index in [4.69, 9.17) is 51.7 Å². The van der Waals surface area contributed by atoms with Crippen molar-refractivity contribution in [2.45, 2.75) is 197 Å². The number of likely N-dealkylation sites (N-methyl/N-ethyl adjacent to an activating group) is 1. The molecule has 0 amide bonds. The summed E-state index contributed by atoms with van der Waals surface area (Å²) in [5.74, 6) is 6.25. The second kappa shape index (κ2) is 27.1. The number of nitriles is 1. The van der Waals surface area contributed by atoms with E-state index < -0.39 is 95.9 Å². The van der Waals surface area contributed by atoms with E-state index in [1.165, 1.54) is 19.0 Å². The van der Waals surface area contributed by atoms with E-state index in [0.717, 1.165) is 16.7 Å². The van der Waals surface area contributed by atoms with Crippen LogP contribution in [0, 0.1) is 41.4 Å². The molecule has 2 aromatic rings. The van der Waals surface area contributed by atoms with Gasteiger partial charge in [-0.2, -0.15) is 5.26 Å². The molecule has 0 aromatic heterocycles. The van der Waals surface area contributed by atoms with E-state index in [1.807, 2.05) is 69.2 Å². The smallest absolute Gasteiger partial charge is 0.311 e. The number of benzene rings is 2. The van der Waals surface area contributed by atoms with Crippen molar-refractivity contribution in [2.75, 3.05) is 40.9 Å². The standard InChI is InChI=1S/C58H90N6O12/c1-14-48-57(10,69)52(66)39(7)63(12)32-35(3)29-58(70,15-2)54(37(5)51(38(6)55(68)74-48)75-50-30-56(9,71-13)53(67)40(8)73-50)76-49-28-46(26-36(4)72-49)62(11)25-24-45(60)33-64(61)47(34-65)27-41-16-20-43(21-17-41)44-22-18-42(31-59)19-23-44/h2,16-23,33,35-40,46-54,65-67,69-70H,14,24-30,32,34,60-61H2,1,3-13H3/b45-33-/t35-,36-,37+,38-,39-,40+,46+,47+,48-,49+,50+,51+,52-,53+,54-,56-,57-,58-/m1/s1. The van der Waals surface area contributed by atoms with Crippen LogP contribution in [-0.2, 0) is 39.6 Å². The zero-order valence-electron chi connectivity index (χ0n) is 47.0. The van der Waals surface area contributed by atoms with E-state index in [-0.39, 0.29) is 43.9 Å². The molecule has 18 heteroatoms. The number of rotatable bonds is 16. The van der Waals surface area contributed by atoms with Gasteiger partial charge in [0.15, 0.2) is 18.2 Å². The summed E-state index contributed by atoms with van der Waals surface area (Å²) in [4.78, 5) is 18.6. The lowest BCUT2D eigenvalue weighted by molar-refractivity contribution is -0.306. The molecule has 3 saturated heterocycles. The summed E-state index contributed by atoms with van der Waals surface area (Å²) in [6, 6.07) is 16.4. The van der Waals surface area contributed by atoms with Gasteiger partial charge in [-0.05, 0) is 116 Å². The summed E-state index contributed by atoms with van der Waals surface area (Å²) >= 11 is 0. The van der Waals surface area contributed by atoms with Gasteiger partial charge in [-0.3, -0.25) is 4.79 Å². The predicted octanol–water partition coefficient (Wildman–Crippen LogP) is 4.42. The lowest BCUT2D eigenvalue weighted by atomic mass is 9.77. The minimum Gasteiger partial charge on any atom is -0.459 e. The predicted molar refractivity (Wildman–Crippen MR) is 289 cm³/mol. The molecule has 76 heavy (non-hydrogen) atoms. The van der Waals surface area contributed by atoms with Crippen molar-refractivity contribution in [3.8, 4) is 29.5 Å². The fraction of sp³-hybridized carbons (Fsp3) is 0.690. The number of aliphatic hydroxyl groups is 5. The molecule has 18 atom stereocenters. The Bertz CT molecular complexity index is 2280. The highest BCUT2D eigenvalue weighted by Gasteiger charge is 2.53. The number of esters is 1. The first-order valence-electron chi connectivity index (χ1n) is 27.0. The lowest BCUT2D eigenvalue weighted by Gasteiger charge is -2.48. The molecule has 424 valence electrons. The fourth-order valence-corrected chi connectivity index (χ4v) is 11.4. The average molecular weight is 1060 g/mol. The second-order valence-corrected chi connectivity index (χ2v) is 22.6. The molecule has 3 fully saturated rings. The SMILES string of the molecule is C#C[C@@]1(O)C[C@@H](C)CN(C)[C@H](C)[C@@H](O)[C@](C)(O)[C@@H](CC)OC(=O)[C@H](C)[C@@H](O[C@H]2C[C@@](C)(OC)[C@@H](O)[C@H](C)O2)[C@H](C)[C@H]1O[C@H]1C[C@@H](N(C)CC/C(N)=C/N(N)[C@H](CO)Cc2ccc(-c3ccc(C#N)cc3)cc2)C[C@@H](C)O1. The molecule has 5 rings (SSSR count). The van der Waals surface area contributed by atoms with Gasteiger partial charge in [0.1, 0.15) is 30.0 Å². The van der Waals surface area contributed by atoms with Crippen molar-refractivity contribution < 1.29 is 58.7 Å². The van der Waals surface area contributed by atoms with Crippen molar-refractivity contribution in [3.05, 3.63) is 71.6 Å². The maximum Gasteiger partial charge on any atom is 0.311 e. The Balaban J connectivity index is 1.38. The maximum atomic E-state index is 14.5. The van der Waals surface area contributed by atoms with Gasteiger partial charge in [-0.25, -0.2) is 5.84 Å². The highest BCUT2D eigenvalue weighted by atomic mass is 16.7. The molecular weight excluding hydrogens is 973 g/mol. The molecule has 0 radical (unpaired) electrons. The summed E-state index contributed by atoms with van der Waals surface area (Å²) in [6.45, 7) is 16.5. The van der Waals surface area contributed by atoms with Crippen LogP contribution in [0.5, 0.6) is 0 Å². The van der Waals surface area contributed by atoms with E-state index in [1.54, 1.807) is 59.9 Å². The molecule has 9 N–H and O–H groups in total. The van der Waals surface area contributed by atoms with Crippen LogP contribution in [-0.4, -0.2) is 177 Å². The Morgan fingerprint density at radius 2 is 1.61 bits per heavy atom. The molecule has 3 heterocycles. The first-order valence-corrected chi connectivity index (χ1v) is 27.0. The molecule has 0 saturated carbocycles. The van der Waals surface area contributed by atoms with E-state index in [9.17, 15) is 30.3 Å². The number of ether oxygens (including phenoxy) is 6. The van der Waals surface area contributed by atoms with Crippen molar-refractivity contribution in [3.63, 3.8) is 0 Å². The number of nitrogens with two attached hydrogens (primary N) is 2. The number of carbonyl (C=O) groups is 1. The number of terminal acetylenes is 1. The van der Waals surface area contributed by atoms with Gasteiger partial charge in [-0.15, -0.1) is 6.42 Å². The number of aliphatic hydroxyl groups excluding tert-OH is 3. The van der Waals surface area contributed by atoms with Gasteiger partial charge in [0.2, 0.25) is 0 Å². The van der Waals surface area contributed by atoms with Crippen LogP contribution < -0.4 is 11.6 Å². The van der Waals surface area contributed by atoms with Gasteiger partial charge in [0.05, 0.1) is 54.1 Å². The first-order chi connectivity index (χ1) is 35.7. The lowest BCUT2D eigenvalue weighted by Crippen LogP contribution is -2.59. The molecule has 0 aliphatic carbocycles. The van der Waals surface area contributed by atoms with Crippen LogP contribution >= 0.6 is 0 Å². The Kier molecular flexibility index (Phi) is 22.3. The average Bonchev–Trinajstić information content (AvgIpc) is 3.39. The van der Waals surface area contributed by atoms with Crippen LogP contribution in [0.15, 0.2) is 60.4 Å². The number of carbonyl (C=O) groups excluding carboxylic acids is 1. The Labute approximate surface area is 452 Å². The zero-order valence-corrected chi connectivity index (χ0v) is 47.0. The summed E-state index contributed by atoms with van der Waals surface area (Å²) in [6.07, 6.45) is 1.69. The van der Waals surface area contributed by atoms with Gasteiger partial charge < -0.3 is 74.5 Å². The third-order valence-corrected chi connectivity index (χ3v) is 16.5. The molecule has 0 unspecified atom stereocenters. The van der Waals surface area contributed by atoms with E-state index in [2.05, 4.69) is 16.9 Å². The van der Waals surface area contributed by atoms with Crippen molar-refractivity contribution in [1.29, 1.82) is 5.26 Å². The molecule has 18 nitrogen and oxygen atoms in total. The maximum absolute atomic E-state index is 14.5. The number of nitrogens with zero attached hydrogens (tertiary/aromatic N) is 4. The molecule has 0 spiro atoms. The number of hydrogen-bond donors (Lipinski definition) is 7. The molecule has 3 aliphatic rings. The van der Waals surface area contributed by atoms with Gasteiger partial charge in [0, 0.05) is 69.4 Å². The molecule has 0 bridgehead atoms. The van der Waals surface area contributed by atoms with Crippen molar-refractivity contribution >= 4 is 5.97 Å². The fourth-order valence-electron chi connectivity index (χ4n) is 11.4. The van der Waals surface area contributed by atoms with Crippen LogP contribution in [0.4, 0.5) is 0 Å². The molecule has 3 aliphatic heterocycles. The number of methoxy groups -OCH3 is 1. The number of hydrazine groups is 1. The van der Waals surface area contributed by atoms with Crippen LogP contribution in [0.3, 0.4) is 0 Å². The van der Waals surface area contributed by atoms with Crippen molar-refractivity contribution in [2.24, 2.45) is 29.3 Å². The minimum atomic E-state index is -1.97. The third-order valence-electron chi connectivity index (χ3n) is 16.5. The van der Waals surface area contributed by atoms with Gasteiger partial charge >= 0.3 is 5.97 Å². The summed E-state index contributed by atoms with van der Waals surface area (Å²) < 4.78 is 38.5. The minimum absolute atomic E-state index is 0.0365. The van der Waals surface area contributed by atoms with Crippen molar-refractivity contribution in [1.82, 2.24) is 14.8 Å². The first kappa shape index (κ1) is 62.6. The quantitative estimate of drug-likeness (QED) is 0.0531. The topological polar surface area (TPSA) is 259 Å². The molecule has 2 aromatic carbocycles. The number of hydrogen-bond acceptors (Lipinski definition) is 18.